The van der Waals surface area contributed by atoms with Crippen molar-refractivity contribution < 1.29 is 0 Å². The predicted molar refractivity (Wildman–Crippen MR) is 57.4 cm³/mol. The second kappa shape index (κ2) is 3.44. The van der Waals surface area contributed by atoms with Crippen molar-refractivity contribution in [2.75, 3.05) is 23.7 Å². The number of nitrogen functional groups attached to an aromatic ring is 1. The van der Waals surface area contributed by atoms with Gasteiger partial charge in [-0.25, -0.2) is 9.97 Å². The first-order chi connectivity index (χ1) is 6.68. The first-order valence-corrected chi connectivity index (χ1v) is 5.04. The monoisotopic (exact) mass is 192 g/mol. The topological polar surface area (TPSA) is 55.0 Å². The van der Waals surface area contributed by atoms with Gasteiger partial charge in [-0.15, -0.1) is 0 Å². The first-order valence-electron chi connectivity index (χ1n) is 5.04. The van der Waals surface area contributed by atoms with E-state index >= 15 is 0 Å². The molecule has 76 valence electrons. The van der Waals surface area contributed by atoms with E-state index in [4.69, 9.17) is 5.73 Å². The van der Waals surface area contributed by atoms with Crippen LogP contribution in [0.15, 0.2) is 0 Å². The second-order valence-corrected chi connectivity index (χ2v) is 3.80. The van der Waals surface area contributed by atoms with Gasteiger partial charge in [0, 0.05) is 13.1 Å². The normalized spacial score (nSPS) is 16.3. The van der Waals surface area contributed by atoms with Gasteiger partial charge in [0.15, 0.2) is 0 Å². The molecule has 2 N–H and O–H groups in total. The molecule has 0 spiro atoms. The molecule has 1 fully saturated rings. The van der Waals surface area contributed by atoms with Crippen molar-refractivity contribution in [3.63, 3.8) is 0 Å². The van der Waals surface area contributed by atoms with E-state index < -0.39 is 0 Å². The van der Waals surface area contributed by atoms with Crippen molar-refractivity contribution in [3.05, 3.63) is 11.4 Å². The van der Waals surface area contributed by atoms with Crippen molar-refractivity contribution >= 4 is 11.6 Å². The van der Waals surface area contributed by atoms with Gasteiger partial charge in [0.1, 0.15) is 0 Å². The average molecular weight is 192 g/mol. The van der Waals surface area contributed by atoms with Gasteiger partial charge in [0.05, 0.1) is 17.1 Å². The van der Waals surface area contributed by atoms with E-state index in [1.54, 1.807) is 0 Å². The SMILES string of the molecule is Cc1nc(N2CCCC2)nc(C)c1N. The molecule has 0 radical (unpaired) electrons. The Morgan fingerprint density at radius 2 is 1.57 bits per heavy atom. The number of nitrogens with zero attached hydrogens (tertiary/aromatic N) is 3. The smallest absolute Gasteiger partial charge is 0.225 e. The first kappa shape index (κ1) is 9.24. The number of hydrogen-bond acceptors (Lipinski definition) is 4. The van der Waals surface area contributed by atoms with Crippen LogP contribution in [0.3, 0.4) is 0 Å². The summed E-state index contributed by atoms with van der Waals surface area (Å²) >= 11 is 0. The lowest BCUT2D eigenvalue weighted by molar-refractivity contribution is 0.881. The minimum absolute atomic E-state index is 0.716. The maximum absolute atomic E-state index is 5.81. The molecular formula is C10H16N4. The second-order valence-electron chi connectivity index (χ2n) is 3.80. The third kappa shape index (κ3) is 1.52. The number of anilines is 2. The molecule has 0 saturated carbocycles. The zero-order valence-corrected chi connectivity index (χ0v) is 8.75. The summed E-state index contributed by atoms with van der Waals surface area (Å²) in [7, 11) is 0. The molecule has 1 aliphatic rings. The summed E-state index contributed by atoms with van der Waals surface area (Å²) in [5, 5.41) is 0. The fraction of sp³-hybridized carbons (Fsp3) is 0.600. The van der Waals surface area contributed by atoms with Crippen LogP contribution < -0.4 is 10.6 Å². The van der Waals surface area contributed by atoms with Gasteiger partial charge in [-0.3, -0.25) is 0 Å². The zero-order chi connectivity index (χ0) is 10.1. The van der Waals surface area contributed by atoms with Crippen molar-refractivity contribution in [1.29, 1.82) is 0 Å². The van der Waals surface area contributed by atoms with Gasteiger partial charge < -0.3 is 10.6 Å². The summed E-state index contributed by atoms with van der Waals surface area (Å²) in [4.78, 5) is 11.0. The van der Waals surface area contributed by atoms with Crippen LogP contribution in [-0.2, 0) is 0 Å². The maximum atomic E-state index is 5.81. The standard InChI is InChI=1S/C10H16N4/c1-7-9(11)8(2)13-10(12-7)14-5-3-4-6-14/h3-6,11H2,1-2H3. The molecule has 1 saturated heterocycles. The third-order valence-corrected chi connectivity index (χ3v) is 2.70. The van der Waals surface area contributed by atoms with Crippen molar-refractivity contribution in [1.82, 2.24) is 9.97 Å². The Morgan fingerprint density at radius 1 is 1.07 bits per heavy atom. The van der Waals surface area contributed by atoms with E-state index in [9.17, 15) is 0 Å². The Labute approximate surface area is 84.2 Å². The van der Waals surface area contributed by atoms with Gasteiger partial charge in [0.2, 0.25) is 5.95 Å². The average Bonchev–Trinajstić information content (AvgIpc) is 2.66. The van der Waals surface area contributed by atoms with Crippen LogP contribution in [-0.4, -0.2) is 23.1 Å². The number of aryl methyl sites for hydroxylation is 2. The summed E-state index contributed by atoms with van der Waals surface area (Å²) in [6.07, 6.45) is 2.48. The lowest BCUT2D eigenvalue weighted by Gasteiger charge is -2.16. The van der Waals surface area contributed by atoms with E-state index in [0.29, 0.717) is 5.69 Å². The van der Waals surface area contributed by atoms with Gasteiger partial charge in [0.25, 0.3) is 0 Å². The Hall–Kier alpha value is -1.32. The molecule has 4 heteroatoms. The highest BCUT2D eigenvalue weighted by Crippen LogP contribution is 2.20. The number of nitrogens with two attached hydrogens (primary N) is 1. The minimum atomic E-state index is 0.716. The summed E-state index contributed by atoms with van der Waals surface area (Å²) in [6.45, 7) is 6.01. The number of rotatable bonds is 1. The Bertz CT molecular complexity index is 319. The van der Waals surface area contributed by atoms with Crippen LogP contribution in [0, 0.1) is 13.8 Å². The minimum Gasteiger partial charge on any atom is -0.396 e. The van der Waals surface area contributed by atoms with Gasteiger partial charge in [-0.1, -0.05) is 0 Å². The quantitative estimate of drug-likeness (QED) is 0.728. The van der Waals surface area contributed by atoms with Crippen LogP contribution in [0.2, 0.25) is 0 Å². The molecule has 2 heterocycles. The van der Waals surface area contributed by atoms with Crippen LogP contribution in [0.5, 0.6) is 0 Å². The van der Waals surface area contributed by atoms with Crippen LogP contribution in [0.1, 0.15) is 24.2 Å². The van der Waals surface area contributed by atoms with Crippen molar-refractivity contribution in [2.45, 2.75) is 26.7 Å². The lowest BCUT2D eigenvalue weighted by atomic mass is 10.3. The fourth-order valence-electron chi connectivity index (χ4n) is 1.77. The summed E-state index contributed by atoms with van der Waals surface area (Å²) < 4.78 is 0. The molecule has 0 aromatic carbocycles. The largest absolute Gasteiger partial charge is 0.396 e. The zero-order valence-electron chi connectivity index (χ0n) is 8.75. The molecule has 2 rings (SSSR count). The van der Waals surface area contributed by atoms with Crippen LogP contribution in [0.25, 0.3) is 0 Å². The lowest BCUT2D eigenvalue weighted by Crippen LogP contribution is -2.21. The summed E-state index contributed by atoms with van der Waals surface area (Å²) in [5.41, 5.74) is 8.30. The molecule has 0 amide bonds. The molecule has 1 aromatic rings. The molecule has 4 nitrogen and oxygen atoms in total. The summed E-state index contributed by atoms with van der Waals surface area (Å²) in [5.74, 6) is 0.840. The molecule has 14 heavy (non-hydrogen) atoms. The molecular weight excluding hydrogens is 176 g/mol. The Balaban J connectivity index is 2.34. The Morgan fingerprint density at radius 3 is 2.07 bits per heavy atom. The molecule has 1 aromatic heterocycles. The highest BCUT2D eigenvalue weighted by Gasteiger charge is 2.16. The highest BCUT2D eigenvalue weighted by molar-refractivity contribution is 5.50. The molecule has 0 unspecified atom stereocenters. The van der Waals surface area contributed by atoms with Crippen LogP contribution in [0.4, 0.5) is 11.6 Å². The van der Waals surface area contributed by atoms with Gasteiger partial charge >= 0.3 is 0 Å². The van der Waals surface area contributed by atoms with E-state index in [2.05, 4.69) is 14.9 Å². The molecule has 1 aliphatic heterocycles. The van der Waals surface area contributed by atoms with Crippen LogP contribution >= 0.6 is 0 Å². The maximum Gasteiger partial charge on any atom is 0.225 e. The predicted octanol–water partition coefficient (Wildman–Crippen LogP) is 1.28. The number of aromatic nitrogens is 2. The van der Waals surface area contributed by atoms with E-state index in [-0.39, 0.29) is 0 Å². The van der Waals surface area contributed by atoms with Gasteiger partial charge in [-0.2, -0.15) is 0 Å². The van der Waals surface area contributed by atoms with Crippen molar-refractivity contribution in [2.24, 2.45) is 0 Å². The molecule has 0 aliphatic carbocycles. The Kier molecular flexibility index (Phi) is 2.27. The van der Waals surface area contributed by atoms with Gasteiger partial charge in [-0.05, 0) is 26.7 Å². The molecule has 0 bridgehead atoms. The van der Waals surface area contributed by atoms with E-state index in [1.807, 2.05) is 13.8 Å². The van der Waals surface area contributed by atoms with E-state index in [1.165, 1.54) is 12.8 Å². The highest BCUT2D eigenvalue weighted by atomic mass is 15.3. The van der Waals surface area contributed by atoms with E-state index in [0.717, 1.165) is 30.4 Å². The van der Waals surface area contributed by atoms with Crippen molar-refractivity contribution in [3.8, 4) is 0 Å². The molecule has 0 atom stereocenters. The number of hydrogen-bond donors (Lipinski definition) is 1. The fourth-order valence-corrected chi connectivity index (χ4v) is 1.77. The summed E-state index contributed by atoms with van der Waals surface area (Å²) in [6, 6.07) is 0. The third-order valence-electron chi connectivity index (χ3n) is 2.70.